The van der Waals surface area contributed by atoms with Crippen LogP contribution in [0.1, 0.15) is 47.0 Å². The van der Waals surface area contributed by atoms with Gasteiger partial charge in [-0.25, -0.2) is 4.79 Å². The van der Waals surface area contributed by atoms with E-state index in [9.17, 15) is 4.79 Å². The highest BCUT2D eigenvalue weighted by atomic mass is 16.4. The molecule has 2 heteroatoms. The quantitative estimate of drug-likeness (QED) is 0.725. The van der Waals surface area contributed by atoms with Gasteiger partial charge >= 0.3 is 5.97 Å². The van der Waals surface area contributed by atoms with Crippen LogP contribution in [0.15, 0.2) is 11.6 Å². The third-order valence-corrected chi connectivity index (χ3v) is 5.34. The molecule has 0 aromatic rings. The van der Waals surface area contributed by atoms with Crippen molar-refractivity contribution in [1.29, 1.82) is 0 Å². The van der Waals surface area contributed by atoms with Gasteiger partial charge in [0.1, 0.15) is 0 Å². The molecule has 2 atom stereocenters. The lowest BCUT2D eigenvalue weighted by Crippen LogP contribution is -2.30. The zero-order chi connectivity index (χ0) is 12.1. The van der Waals surface area contributed by atoms with Crippen LogP contribution in [0.25, 0.3) is 0 Å². The second kappa shape index (κ2) is 3.35. The van der Waals surface area contributed by atoms with Crippen molar-refractivity contribution >= 4 is 5.97 Å². The maximum atomic E-state index is 10.9. The average molecular weight is 221 g/mol. The maximum absolute atomic E-state index is 10.9. The van der Waals surface area contributed by atoms with E-state index < -0.39 is 5.97 Å². The number of hydrogen-bond acceptors (Lipinski definition) is 1. The molecule has 0 aromatic heterocycles. The van der Waals surface area contributed by atoms with Crippen molar-refractivity contribution in [1.82, 2.24) is 0 Å². The van der Waals surface area contributed by atoms with E-state index in [1.165, 1.54) is 18.8 Å². The molecular weight excluding hydrogens is 200 g/mol. The molecule has 2 rings (SSSR count). The Morgan fingerprint density at radius 1 is 1.44 bits per heavy atom. The van der Waals surface area contributed by atoms with Crippen LogP contribution in [0.4, 0.5) is 0 Å². The number of hydrogen-bond donors (Lipinski definition) is 1. The fourth-order valence-corrected chi connectivity index (χ4v) is 3.56. The zero-order valence-corrected chi connectivity index (χ0v) is 10.6. The van der Waals surface area contributed by atoms with Crippen molar-refractivity contribution in [2.24, 2.45) is 16.7 Å². The van der Waals surface area contributed by atoms with E-state index in [0.29, 0.717) is 11.0 Å². The number of fused-ring (bicyclic) bond motifs is 2. The molecule has 89 valence electrons. The summed E-state index contributed by atoms with van der Waals surface area (Å²) < 4.78 is 0. The summed E-state index contributed by atoms with van der Waals surface area (Å²) in [6.07, 6.45) is 5.52. The predicted molar refractivity (Wildman–Crippen MR) is 63.9 cm³/mol. The third-order valence-electron chi connectivity index (χ3n) is 5.34. The Bertz CT molecular complexity index is 354. The Hall–Kier alpha value is -0.790. The molecule has 0 aromatic carbocycles. The van der Waals surface area contributed by atoms with Gasteiger partial charge in [-0.3, -0.25) is 0 Å². The molecule has 2 nitrogen and oxygen atoms in total. The molecule has 0 aliphatic heterocycles. The number of aliphatic carboxylic acids is 1. The van der Waals surface area contributed by atoms with E-state index in [1.807, 2.05) is 6.08 Å². The number of carboxylic acids is 1. The molecule has 0 amide bonds. The van der Waals surface area contributed by atoms with Gasteiger partial charge < -0.3 is 5.11 Å². The van der Waals surface area contributed by atoms with E-state index in [2.05, 4.69) is 20.8 Å². The van der Waals surface area contributed by atoms with Gasteiger partial charge in [0.25, 0.3) is 0 Å². The van der Waals surface area contributed by atoms with E-state index in [-0.39, 0.29) is 5.41 Å². The second-order valence-corrected chi connectivity index (χ2v) is 6.15. The van der Waals surface area contributed by atoms with Crippen LogP contribution in [0.5, 0.6) is 0 Å². The van der Waals surface area contributed by atoms with Gasteiger partial charge in [-0.05, 0) is 42.9 Å². The maximum Gasteiger partial charge on any atom is 0.330 e. The van der Waals surface area contributed by atoms with Gasteiger partial charge in [0.2, 0.25) is 0 Å². The lowest BCUT2D eigenvalue weighted by Gasteiger charge is -2.38. The molecule has 2 saturated carbocycles. The summed E-state index contributed by atoms with van der Waals surface area (Å²) in [5, 5.41) is 8.94. The minimum atomic E-state index is -0.795. The molecule has 2 aliphatic rings. The lowest BCUT2D eigenvalue weighted by atomic mass is 9.66. The van der Waals surface area contributed by atoms with Crippen LogP contribution in [-0.4, -0.2) is 11.1 Å². The summed E-state index contributed by atoms with van der Waals surface area (Å²) in [5.41, 5.74) is 1.02. The number of rotatable bonds is 2. The highest BCUT2D eigenvalue weighted by Gasteiger charge is 2.60. The number of carbonyl (C=O) groups is 1. The third kappa shape index (κ3) is 1.35. The van der Waals surface area contributed by atoms with Crippen molar-refractivity contribution in [2.45, 2.75) is 47.0 Å². The SMILES string of the molecule is CC(=C[C]1C[C@H]2CC[C@@]1(C)C2(C)C)C(=O)O. The second-order valence-electron chi connectivity index (χ2n) is 6.15. The lowest BCUT2D eigenvalue weighted by molar-refractivity contribution is -0.132. The van der Waals surface area contributed by atoms with E-state index in [1.54, 1.807) is 6.92 Å². The van der Waals surface area contributed by atoms with Crippen LogP contribution >= 0.6 is 0 Å². The molecule has 2 aliphatic carbocycles. The number of allylic oxidation sites excluding steroid dienone is 1. The first-order chi connectivity index (χ1) is 7.29. The normalized spacial score (nSPS) is 38.0. The van der Waals surface area contributed by atoms with Crippen molar-refractivity contribution in [2.75, 3.05) is 0 Å². The van der Waals surface area contributed by atoms with Crippen molar-refractivity contribution in [3.8, 4) is 0 Å². The van der Waals surface area contributed by atoms with Gasteiger partial charge in [0.15, 0.2) is 0 Å². The highest BCUT2D eigenvalue weighted by Crippen LogP contribution is 2.69. The minimum Gasteiger partial charge on any atom is -0.478 e. The minimum absolute atomic E-state index is 0.217. The van der Waals surface area contributed by atoms with Crippen LogP contribution in [0, 0.1) is 22.7 Å². The Balaban J connectivity index is 2.29. The molecule has 0 spiro atoms. The first kappa shape index (κ1) is 11.7. The molecule has 0 unspecified atom stereocenters. The smallest absolute Gasteiger partial charge is 0.330 e. The fraction of sp³-hybridized carbons (Fsp3) is 0.714. The molecule has 0 saturated heterocycles. The van der Waals surface area contributed by atoms with Crippen LogP contribution in [0.2, 0.25) is 0 Å². The largest absolute Gasteiger partial charge is 0.478 e. The summed E-state index contributed by atoms with van der Waals surface area (Å²) in [6, 6.07) is 0. The standard InChI is InChI=1S/C14H21O2/c1-9(12(15)16)7-11-8-10-5-6-14(11,4)13(10,2)3/h7,10H,5-6,8H2,1-4H3,(H,15,16)/t10-,14-/m1/s1. The first-order valence-corrected chi connectivity index (χ1v) is 6.07. The van der Waals surface area contributed by atoms with Crippen molar-refractivity contribution < 1.29 is 9.90 Å². The Kier molecular flexibility index (Phi) is 2.45. The van der Waals surface area contributed by atoms with Crippen LogP contribution < -0.4 is 0 Å². The summed E-state index contributed by atoms with van der Waals surface area (Å²) in [5.74, 6) is 1.30. The molecule has 2 fully saturated rings. The van der Waals surface area contributed by atoms with Gasteiger partial charge in [-0.15, -0.1) is 0 Å². The Morgan fingerprint density at radius 3 is 2.44 bits per heavy atom. The van der Waals surface area contributed by atoms with Gasteiger partial charge in [-0.2, -0.15) is 0 Å². The molecule has 0 heterocycles. The van der Waals surface area contributed by atoms with Gasteiger partial charge in [0.05, 0.1) is 0 Å². The Morgan fingerprint density at radius 2 is 2.06 bits per heavy atom. The molecule has 16 heavy (non-hydrogen) atoms. The predicted octanol–water partition coefficient (Wildman–Crippen LogP) is 3.44. The molecular formula is C14H21O2. The monoisotopic (exact) mass is 221 g/mol. The summed E-state index contributed by atoms with van der Waals surface area (Å²) in [6.45, 7) is 8.67. The highest BCUT2D eigenvalue weighted by molar-refractivity contribution is 5.86. The average Bonchev–Trinajstić information content (AvgIpc) is 2.50. The number of carboxylic acid groups (broad SMARTS) is 1. The summed E-state index contributed by atoms with van der Waals surface area (Å²) in [4.78, 5) is 10.9. The van der Waals surface area contributed by atoms with E-state index >= 15 is 0 Å². The van der Waals surface area contributed by atoms with Crippen molar-refractivity contribution in [3.05, 3.63) is 17.6 Å². The van der Waals surface area contributed by atoms with E-state index in [4.69, 9.17) is 5.11 Å². The fourth-order valence-electron chi connectivity index (χ4n) is 3.56. The van der Waals surface area contributed by atoms with Gasteiger partial charge in [-0.1, -0.05) is 26.8 Å². The molecule has 2 bridgehead atoms. The van der Waals surface area contributed by atoms with E-state index in [0.717, 1.165) is 12.3 Å². The zero-order valence-electron chi connectivity index (χ0n) is 10.6. The van der Waals surface area contributed by atoms with Crippen molar-refractivity contribution in [3.63, 3.8) is 0 Å². The summed E-state index contributed by atoms with van der Waals surface area (Å²) in [7, 11) is 0. The van der Waals surface area contributed by atoms with Crippen LogP contribution in [0.3, 0.4) is 0 Å². The Labute approximate surface area is 97.7 Å². The van der Waals surface area contributed by atoms with Gasteiger partial charge in [0, 0.05) is 11.5 Å². The summed E-state index contributed by atoms with van der Waals surface area (Å²) >= 11 is 0. The molecule has 1 N–H and O–H groups in total. The molecule has 1 radical (unpaired) electrons. The first-order valence-electron chi connectivity index (χ1n) is 6.07. The van der Waals surface area contributed by atoms with Crippen LogP contribution in [-0.2, 0) is 4.79 Å². The topological polar surface area (TPSA) is 37.3 Å².